The largest absolute Gasteiger partial charge is 0.314 e. The third kappa shape index (κ3) is 4.32. The van der Waals surface area contributed by atoms with Crippen molar-refractivity contribution in [1.29, 1.82) is 0 Å². The van der Waals surface area contributed by atoms with Gasteiger partial charge >= 0.3 is 0 Å². The number of nitrogens with one attached hydrogen (secondary N) is 1. The molecular formula is C13H19Cl2N. The Morgan fingerprint density at radius 3 is 2.50 bits per heavy atom. The third-order valence-corrected chi connectivity index (χ3v) is 3.38. The molecule has 0 aromatic heterocycles. The van der Waals surface area contributed by atoms with Gasteiger partial charge in [-0.25, -0.2) is 0 Å². The van der Waals surface area contributed by atoms with E-state index in [1.807, 2.05) is 18.2 Å². The Labute approximate surface area is 108 Å². The fourth-order valence-electron chi connectivity index (χ4n) is 1.66. The highest BCUT2D eigenvalue weighted by atomic mass is 35.5. The lowest BCUT2D eigenvalue weighted by Gasteiger charge is -2.16. The third-order valence-electron chi connectivity index (χ3n) is 2.64. The van der Waals surface area contributed by atoms with Crippen LogP contribution in [-0.4, -0.2) is 12.6 Å². The molecule has 1 unspecified atom stereocenters. The van der Waals surface area contributed by atoms with Gasteiger partial charge in [0, 0.05) is 6.04 Å². The quantitative estimate of drug-likeness (QED) is 0.803. The van der Waals surface area contributed by atoms with Gasteiger partial charge in [0.05, 0.1) is 10.0 Å². The van der Waals surface area contributed by atoms with Gasteiger partial charge in [0.15, 0.2) is 0 Å². The molecule has 0 bridgehead atoms. The topological polar surface area (TPSA) is 12.0 Å². The number of benzene rings is 1. The predicted octanol–water partition coefficient (Wildman–Crippen LogP) is 4.31. The first kappa shape index (κ1) is 13.8. The van der Waals surface area contributed by atoms with Crippen LogP contribution in [0.3, 0.4) is 0 Å². The Morgan fingerprint density at radius 1 is 1.19 bits per heavy atom. The zero-order valence-electron chi connectivity index (χ0n) is 9.89. The maximum atomic E-state index is 5.99. The molecule has 0 heterocycles. The summed E-state index contributed by atoms with van der Waals surface area (Å²) < 4.78 is 0. The molecule has 1 atom stereocenters. The molecule has 0 aliphatic carbocycles. The molecule has 0 aliphatic rings. The Kier molecular flexibility index (Phi) is 6.18. The average Bonchev–Trinajstić information content (AvgIpc) is 2.29. The van der Waals surface area contributed by atoms with E-state index in [1.54, 1.807) is 0 Å². The fourth-order valence-corrected chi connectivity index (χ4v) is 1.98. The summed E-state index contributed by atoms with van der Waals surface area (Å²) in [6.45, 7) is 5.45. The summed E-state index contributed by atoms with van der Waals surface area (Å²) in [5.41, 5.74) is 1.24. The molecule has 0 radical (unpaired) electrons. The summed E-state index contributed by atoms with van der Waals surface area (Å²) in [5.74, 6) is 0. The van der Waals surface area contributed by atoms with E-state index in [4.69, 9.17) is 23.2 Å². The molecule has 0 saturated carbocycles. The van der Waals surface area contributed by atoms with E-state index in [0.29, 0.717) is 16.1 Å². The van der Waals surface area contributed by atoms with Gasteiger partial charge in [-0.2, -0.15) is 0 Å². The smallest absolute Gasteiger partial charge is 0.0595 e. The van der Waals surface area contributed by atoms with Crippen molar-refractivity contribution in [2.24, 2.45) is 0 Å². The molecule has 0 spiro atoms. The first-order chi connectivity index (χ1) is 7.67. The highest BCUT2D eigenvalue weighted by molar-refractivity contribution is 6.42. The molecule has 1 aromatic rings. The van der Waals surface area contributed by atoms with Crippen LogP contribution in [0.15, 0.2) is 18.2 Å². The van der Waals surface area contributed by atoms with E-state index in [9.17, 15) is 0 Å². The van der Waals surface area contributed by atoms with Crippen LogP contribution in [0.25, 0.3) is 0 Å². The van der Waals surface area contributed by atoms with E-state index >= 15 is 0 Å². The van der Waals surface area contributed by atoms with Crippen molar-refractivity contribution < 1.29 is 0 Å². The molecule has 0 fully saturated rings. The van der Waals surface area contributed by atoms with Crippen LogP contribution in [0, 0.1) is 0 Å². The van der Waals surface area contributed by atoms with Crippen molar-refractivity contribution in [3.63, 3.8) is 0 Å². The van der Waals surface area contributed by atoms with Crippen LogP contribution in [0.1, 0.15) is 32.3 Å². The van der Waals surface area contributed by atoms with Crippen molar-refractivity contribution in [1.82, 2.24) is 5.32 Å². The highest BCUT2D eigenvalue weighted by Gasteiger charge is 2.07. The SMILES string of the molecule is CCCNC(CC)Cc1ccc(Cl)c(Cl)c1. The molecular weight excluding hydrogens is 241 g/mol. The maximum Gasteiger partial charge on any atom is 0.0595 e. The van der Waals surface area contributed by atoms with Gasteiger partial charge in [-0.05, 0) is 43.5 Å². The van der Waals surface area contributed by atoms with Crippen molar-refractivity contribution in [3.05, 3.63) is 33.8 Å². The molecule has 1 N–H and O–H groups in total. The number of hydrogen-bond acceptors (Lipinski definition) is 1. The van der Waals surface area contributed by atoms with E-state index in [2.05, 4.69) is 19.2 Å². The van der Waals surface area contributed by atoms with E-state index in [1.165, 1.54) is 5.56 Å². The van der Waals surface area contributed by atoms with Gasteiger partial charge in [-0.15, -0.1) is 0 Å². The zero-order chi connectivity index (χ0) is 12.0. The Balaban J connectivity index is 2.59. The summed E-state index contributed by atoms with van der Waals surface area (Å²) in [7, 11) is 0. The molecule has 0 amide bonds. The second-order valence-electron chi connectivity index (χ2n) is 4.01. The second-order valence-corrected chi connectivity index (χ2v) is 4.83. The molecule has 0 aliphatic heterocycles. The minimum absolute atomic E-state index is 0.525. The van der Waals surface area contributed by atoms with Crippen LogP contribution in [-0.2, 0) is 6.42 Å². The number of rotatable bonds is 6. The molecule has 1 aromatic carbocycles. The first-order valence-corrected chi connectivity index (χ1v) is 6.60. The van der Waals surface area contributed by atoms with Gasteiger partial charge in [0.25, 0.3) is 0 Å². The standard InChI is InChI=1S/C13H19Cl2N/c1-3-7-16-11(4-2)8-10-5-6-12(14)13(15)9-10/h5-6,9,11,16H,3-4,7-8H2,1-2H3. The maximum absolute atomic E-state index is 5.99. The van der Waals surface area contributed by atoms with Gasteiger partial charge in [0.1, 0.15) is 0 Å². The monoisotopic (exact) mass is 259 g/mol. The lowest BCUT2D eigenvalue weighted by atomic mass is 10.0. The van der Waals surface area contributed by atoms with Gasteiger partial charge in [-0.1, -0.05) is 43.1 Å². The lowest BCUT2D eigenvalue weighted by Crippen LogP contribution is -2.31. The molecule has 1 rings (SSSR count). The summed E-state index contributed by atoms with van der Waals surface area (Å²) in [6.07, 6.45) is 3.30. The van der Waals surface area contributed by atoms with Crippen LogP contribution >= 0.6 is 23.2 Å². The normalized spacial score (nSPS) is 12.8. The summed E-state index contributed by atoms with van der Waals surface area (Å²) in [4.78, 5) is 0. The van der Waals surface area contributed by atoms with Crippen molar-refractivity contribution in [2.45, 2.75) is 39.2 Å². The number of halogens is 2. The van der Waals surface area contributed by atoms with Crippen molar-refractivity contribution in [2.75, 3.05) is 6.54 Å². The fraction of sp³-hybridized carbons (Fsp3) is 0.538. The zero-order valence-corrected chi connectivity index (χ0v) is 11.4. The van der Waals surface area contributed by atoms with Crippen molar-refractivity contribution in [3.8, 4) is 0 Å². The Morgan fingerprint density at radius 2 is 1.94 bits per heavy atom. The highest BCUT2D eigenvalue weighted by Crippen LogP contribution is 2.23. The Bertz CT molecular complexity index is 326. The second kappa shape index (κ2) is 7.16. The Hall–Kier alpha value is -0.240. The first-order valence-electron chi connectivity index (χ1n) is 5.84. The summed E-state index contributed by atoms with van der Waals surface area (Å²) in [5, 5.41) is 4.79. The van der Waals surface area contributed by atoms with Gasteiger partial charge in [0.2, 0.25) is 0 Å². The van der Waals surface area contributed by atoms with Crippen LogP contribution in [0.5, 0.6) is 0 Å². The van der Waals surface area contributed by atoms with E-state index < -0.39 is 0 Å². The van der Waals surface area contributed by atoms with Crippen LogP contribution in [0.4, 0.5) is 0 Å². The number of hydrogen-bond donors (Lipinski definition) is 1. The average molecular weight is 260 g/mol. The van der Waals surface area contributed by atoms with E-state index in [-0.39, 0.29) is 0 Å². The molecule has 16 heavy (non-hydrogen) atoms. The van der Waals surface area contributed by atoms with Crippen LogP contribution < -0.4 is 5.32 Å². The molecule has 3 heteroatoms. The summed E-state index contributed by atoms with van der Waals surface area (Å²) in [6, 6.07) is 6.40. The van der Waals surface area contributed by atoms with Gasteiger partial charge < -0.3 is 5.32 Å². The minimum atomic E-state index is 0.525. The lowest BCUT2D eigenvalue weighted by molar-refractivity contribution is 0.495. The van der Waals surface area contributed by atoms with Crippen molar-refractivity contribution >= 4 is 23.2 Å². The molecule has 0 saturated heterocycles. The predicted molar refractivity (Wildman–Crippen MR) is 72.5 cm³/mol. The van der Waals surface area contributed by atoms with Crippen LogP contribution in [0.2, 0.25) is 10.0 Å². The minimum Gasteiger partial charge on any atom is -0.314 e. The van der Waals surface area contributed by atoms with E-state index in [0.717, 1.165) is 25.8 Å². The van der Waals surface area contributed by atoms with Gasteiger partial charge in [-0.3, -0.25) is 0 Å². The molecule has 90 valence electrons. The summed E-state index contributed by atoms with van der Waals surface area (Å²) >= 11 is 11.9. The molecule has 1 nitrogen and oxygen atoms in total.